The van der Waals surface area contributed by atoms with Gasteiger partial charge in [-0.25, -0.2) is 0 Å². The minimum Gasteiger partial charge on any atom is -0.493 e. The second kappa shape index (κ2) is 6.24. The lowest BCUT2D eigenvalue weighted by Crippen LogP contribution is -2.10. The fraction of sp³-hybridized carbons (Fsp3) is 0.538. The van der Waals surface area contributed by atoms with Crippen molar-refractivity contribution in [1.82, 2.24) is 0 Å². The maximum absolute atomic E-state index is 6.05. The molecule has 1 unspecified atom stereocenters. The first kappa shape index (κ1) is 12.7. The second-order valence-corrected chi connectivity index (χ2v) is 4.64. The molecule has 94 valence electrons. The molecule has 1 aromatic rings. The highest BCUT2D eigenvalue weighted by atomic mass is 35.5. The molecule has 0 amide bonds. The van der Waals surface area contributed by atoms with E-state index >= 15 is 0 Å². The Morgan fingerprint density at radius 2 is 2.35 bits per heavy atom. The molecule has 0 spiro atoms. The predicted octanol–water partition coefficient (Wildman–Crippen LogP) is 2.75. The van der Waals surface area contributed by atoms with Crippen molar-refractivity contribution in [3.63, 3.8) is 0 Å². The Kier molecular flexibility index (Phi) is 4.66. The lowest BCUT2D eigenvalue weighted by Gasteiger charge is -2.11. The average molecular weight is 256 g/mol. The molecule has 1 heterocycles. The minimum atomic E-state index is 0.369. The summed E-state index contributed by atoms with van der Waals surface area (Å²) in [7, 11) is 0. The minimum absolute atomic E-state index is 0.369. The van der Waals surface area contributed by atoms with Crippen LogP contribution in [0.3, 0.4) is 0 Å². The van der Waals surface area contributed by atoms with Crippen LogP contribution < -0.4 is 10.5 Å². The molecule has 1 atom stereocenters. The van der Waals surface area contributed by atoms with Gasteiger partial charge in [-0.15, -0.1) is 0 Å². The van der Waals surface area contributed by atoms with Crippen LogP contribution in [0.4, 0.5) is 0 Å². The number of halogens is 1. The highest BCUT2D eigenvalue weighted by Gasteiger charge is 2.15. The van der Waals surface area contributed by atoms with Crippen molar-refractivity contribution in [3.05, 3.63) is 28.8 Å². The Morgan fingerprint density at radius 1 is 1.47 bits per heavy atom. The van der Waals surface area contributed by atoms with E-state index in [2.05, 4.69) is 0 Å². The van der Waals surface area contributed by atoms with E-state index in [1.807, 2.05) is 18.2 Å². The van der Waals surface area contributed by atoms with Crippen LogP contribution in [0.2, 0.25) is 5.02 Å². The zero-order chi connectivity index (χ0) is 12.1. The van der Waals surface area contributed by atoms with Gasteiger partial charge in [0.2, 0.25) is 0 Å². The summed E-state index contributed by atoms with van der Waals surface area (Å²) < 4.78 is 11.2. The lowest BCUT2D eigenvalue weighted by atomic mass is 10.2. The maximum Gasteiger partial charge on any atom is 0.120 e. The highest BCUT2D eigenvalue weighted by molar-refractivity contribution is 6.31. The first-order chi connectivity index (χ1) is 8.29. The van der Waals surface area contributed by atoms with Crippen LogP contribution >= 0.6 is 11.6 Å². The summed E-state index contributed by atoms with van der Waals surface area (Å²) in [6.45, 7) is 2.01. The number of nitrogens with two attached hydrogens (primary N) is 1. The van der Waals surface area contributed by atoms with Gasteiger partial charge in [0.25, 0.3) is 0 Å². The smallest absolute Gasteiger partial charge is 0.120 e. The van der Waals surface area contributed by atoms with Crippen LogP contribution in [-0.4, -0.2) is 19.3 Å². The number of hydrogen-bond donors (Lipinski definition) is 1. The van der Waals surface area contributed by atoms with E-state index < -0.39 is 0 Å². The molecule has 1 fully saturated rings. The topological polar surface area (TPSA) is 44.5 Å². The summed E-state index contributed by atoms with van der Waals surface area (Å²) in [5.74, 6) is 0.796. The van der Waals surface area contributed by atoms with Gasteiger partial charge in [-0.1, -0.05) is 17.7 Å². The van der Waals surface area contributed by atoms with Gasteiger partial charge in [0.1, 0.15) is 5.75 Å². The van der Waals surface area contributed by atoms with Gasteiger partial charge in [-0.3, -0.25) is 0 Å². The van der Waals surface area contributed by atoms with Crippen LogP contribution in [-0.2, 0) is 11.3 Å². The molecule has 1 saturated heterocycles. The molecule has 4 heteroatoms. The third-order valence-corrected chi connectivity index (χ3v) is 3.33. The van der Waals surface area contributed by atoms with Gasteiger partial charge >= 0.3 is 0 Å². The number of rotatable bonds is 5. The molecule has 1 aromatic carbocycles. The Bertz CT molecular complexity index is 364. The molecule has 2 N–H and O–H groups in total. The Morgan fingerprint density at radius 3 is 3.00 bits per heavy atom. The van der Waals surface area contributed by atoms with Gasteiger partial charge in [0.15, 0.2) is 0 Å². The molecule has 0 aliphatic carbocycles. The fourth-order valence-electron chi connectivity index (χ4n) is 1.96. The number of benzene rings is 1. The van der Waals surface area contributed by atoms with E-state index in [0.29, 0.717) is 24.3 Å². The first-order valence-electron chi connectivity index (χ1n) is 6.02. The Hall–Kier alpha value is -0.770. The van der Waals surface area contributed by atoms with E-state index in [4.69, 9.17) is 26.8 Å². The molecule has 1 aliphatic rings. The molecular weight excluding hydrogens is 238 g/mol. The van der Waals surface area contributed by atoms with Crippen LogP contribution in [0, 0.1) is 0 Å². The summed E-state index contributed by atoms with van der Waals surface area (Å²) >= 11 is 6.05. The zero-order valence-corrected chi connectivity index (χ0v) is 10.6. The third kappa shape index (κ3) is 3.60. The zero-order valence-electron chi connectivity index (χ0n) is 9.82. The summed E-state index contributed by atoms with van der Waals surface area (Å²) in [5.41, 5.74) is 6.48. The summed E-state index contributed by atoms with van der Waals surface area (Å²) in [5, 5.41) is 0.669. The summed E-state index contributed by atoms with van der Waals surface area (Å²) in [6, 6.07) is 5.63. The maximum atomic E-state index is 6.05. The van der Waals surface area contributed by atoms with Crippen molar-refractivity contribution in [2.45, 2.75) is 31.9 Å². The Labute approximate surface area is 107 Å². The monoisotopic (exact) mass is 255 g/mol. The molecule has 0 aromatic heterocycles. The van der Waals surface area contributed by atoms with Gasteiger partial charge in [0, 0.05) is 24.6 Å². The molecule has 2 rings (SSSR count). The van der Waals surface area contributed by atoms with Crippen molar-refractivity contribution in [3.8, 4) is 5.75 Å². The first-order valence-corrected chi connectivity index (χ1v) is 6.40. The summed E-state index contributed by atoms with van der Waals surface area (Å²) in [4.78, 5) is 0. The average Bonchev–Trinajstić information content (AvgIpc) is 2.82. The number of hydrogen-bond acceptors (Lipinski definition) is 3. The van der Waals surface area contributed by atoms with Crippen molar-refractivity contribution in [2.75, 3.05) is 13.2 Å². The van der Waals surface area contributed by atoms with Crippen molar-refractivity contribution in [1.29, 1.82) is 0 Å². The molecule has 0 radical (unpaired) electrons. The Balaban J connectivity index is 1.80. The van der Waals surface area contributed by atoms with Gasteiger partial charge < -0.3 is 15.2 Å². The normalized spacial score (nSPS) is 19.5. The highest BCUT2D eigenvalue weighted by Crippen LogP contribution is 2.23. The standard InChI is InChI=1S/C13H18ClNO2/c14-13-8-12(4-3-10(13)9-15)17-7-5-11-2-1-6-16-11/h3-4,8,11H,1-2,5-7,9,15H2. The predicted molar refractivity (Wildman–Crippen MR) is 68.4 cm³/mol. The van der Waals surface area contributed by atoms with Crippen molar-refractivity contribution < 1.29 is 9.47 Å². The van der Waals surface area contributed by atoms with Crippen molar-refractivity contribution in [2.24, 2.45) is 5.73 Å². The van der Waals surface area contributed by atoms with Crippen LogP contribution in [0.25, 0.3) is 0 Å². The van der Waals surface area contributed by atoms with Gasteiger partial charge in [-0.05, 0) is 30.5 Å². The van der Waals surface area contributed by atoms with E-state index in [1.165, 1.54) is 6.42 Å². The molecule has 1 aliphatic heterocycles. The van der Waals surface area contributed by atoms with Crippen LogP contribution in [0.15, 0.2) is 18.2 Å². The van der Waals surface area contributed by atoms with Crippen LogP contribution in [0.5, 0.6) is 5.75 Å². The largest absolute Gasteiger partial charge is 0.493 e. The van der Waals surface area contributed by atoms with E-state index in [-0.39, 0.29) is 0 Å². The molecule has 17 heavy (non-hydrogen) atoms. The van der Waals surface area contributed by atoms with E-state index in [9.17, 15) is 0 Å². The summed E-state index contributed by atoms with van der Waals surface area (Å²) in [6.07, 6.45) is 3.63. The van der Waals surface area contributed by atoms with E-state index in [0.717, 1.165) is 30.8 Å². The lowest BCUT2D eigenvalue weighted by molar-refractivity contribution is 0.0903. The quantitative estimate of drug-likeness (QED) is 0.880. The molecule has 0 bridgehead atoms. The third-order valence-electron chi connectivity index (χ3n) is 2.98. The van der Waals surface area contributed by atoms with Crippen LogP contribution in [0.1, 0.15) is 24.8 Å². The van der Waals surface area contributed by atoms with Gasteiger partial charge in [0.05, 0.1) is 12.7 Å². The molecule has 3 nitrogen and oxygen atoms in total. The SMILES string of the molecule is NCc1ccc(OCCC2CCCO2)cc1Cl. The molecular formula is C13H18ClNO2. The fourth-order valence-corrected chi connectivity index (χ4v) is 2.21. The van der Waals surface area contributed by atoms with Gasteiger partial charge in [-0.2, -0.15) is 0 Å². The second-order valence-electron chi connectivity index (χ2n) is 4.23. The van der Waals surface area contributed by atoms with E-state index in [1.54, 1.807) is 0 Å². The van der Waals surface area contributed by atoms with Crippen molar-refractivity contribution >= 4 is 11.6 Å². The molecule has 0 saturated carbocycles. The number of ether oxygens (including phenoxy) is 2.